The van der Waals surface area contributed by atoms with Gasteiger partial charge in [0.15, 0.2) is 0 Å². The van der Waals surface area contributed by atoms with Crippen molar-refractivity contribution in [2.24, 2.45) is 5.92 Å². The SMILES string of the molecule is C#CN(C(=O)C(CC(C)C)NC(=O)OC(C)(C)C)C(C(=O)NC1CCCCC1)c1cccc(O)c1. The molecule has 1 aliphatic carbocycles. The predicted molar refractivity (Wildman–Crippen MR) is 134 cm³/mol. The van der Waals surface area contributed by atoms with Crippen LogP contribution in [0.4, 0.5) is 4.79 Å². The normalized spacial score (nSPS) is 16.0. The van der Waals surface area contributed by atoms with Gasteiger partial charge in [0.1, 0.15) is 23.4 Å². The van der Waals surface area contributed by atoms with Crippen molar-refractivity contribution in [3.63, 3.8) is 0 Å². The number of rotatable bonds is 8. The van der Waals surface area contributed by atoms with Crippen molar-refractivity contribution in [3.05, 3.63) is 29.8 Å². The number of hydrogen-bond donors (Lipinski definition) is 3. The number of carbonyl (C=O) groups is 3. The predicted octanol–water partition coefficient (Wildman–Crippen LogP) is 4.24. The number of ether oxygens (including phenoxy) is 1. The Morgan fingerprint density at radius 3 is 2.40 bits per heavy atom. The summed E-state index contributed by atoms with van der Waals surface area (Å²) < 4.78 is 5.34. The van der Waals surface area contributed by atoms with E-state index in [-0.39, 0.29) is 17.7 Å². The molecule has 3 N–H and O–H groups in total. The number of amides is 3. The lowest BCUT2D eigenvalue weighted by molar-refractivity contribution is -0.139. The van der Waals surface area contributed by atoms with Gasteiger partial charge in [-0.2, -0.15) is 0 Å². The number of phenolic OH excluding ortho intramolecular Hbond substituents is 1. The Hall–Kier alpha value is -3.21. The van der Waals surface area contributed by atoms with E-state index in [1.165, 1.54) is 12.1 Å². The fourth-order valence-electron chi connectivity index (χ4n) is 4.22. The van der Waals surface area contributed by atoms with Crippen LogP contribution < -0.4 is 10.6 Å². The minimum Gasteiger partial charge on any atom is -0.508 e. The Balaban J connectivity index is 2.38. The average molecular weight is 486 g/mol. The molecule has 2 rings (SSSR count). The lowest BCUT2D eigenvalue weighted by Crippen LogP contribution is -2.52. The van der Waals surface area contributed by atoms with Crippen molar-refractivity contribution in [1.29, 1.82) is 0 Å². The van der Waals surface area contributed by atoms with E-state index in [4.69, 9.17) is 11.2 Å². The summed E-state index contributed by atoms with van der Waals surface area (Å²) in [5.74, 6) is -1.02. The maximum atomic E-state index is 13.7. The third kappa shape index (κ3) is 8.82. The molecule has 1 fully saturated rings. The Kier molecular flexibility index (Phi) is 10.00. The number of nitrogens with one attached hydrogen (secondary N) is 2. The van der Waals surface area contributed by atoms with Crippen LogP contribution in [0.25, 0.3) is 0 Å². The Morgan fingerprint density at radius 1 is 1.20 bits per heavy atom. The highest BCUT2D eigenvalue weighted by Gasteiger charge is 2.37. The molecule has 35 heavy (non-hydrogen) atoms. The second-order valence-corrected chi connectivity index (χ2v) is 10.5. The number of alkyl carbamates (subject to hydrolysis) is 1. The van der Waals surface area contributed by atoms with Crippen molar-refractivity contribution in [2.75, 3.05) is 0 Å². The third-order valence-corrected chi connectivity index (χ3v) is 5.72. The zero-order valence-electron chi connectivity index (χ0n) is 21.5. The van der Waals surface area contributed by atoms with Crippen molar-refractivity contribution in [3.8, 4) is 18.2 Å². The fraction of sp³-hybridized carbons (Fsp3) is 0.593. The highest BCUT2D eigenvalue weighted by atomic mass is 16.6. The number of nitrogens with zero attached hydrogens (tertiary/aromatic N) is 1. The van der Waals surface area contributed by atoms with Crippen LogP contribution in [0.2, 0.25) is 0 Å². The number of phenols is 1. The zero-order chi connectivity index (χ0) is 26.2. The molecule has 192 valence electrons. The van der Waals surface area contributed by atoms with Gasteiger partial charge in [0, 0.05) is 12.1 Å². The average Bonchev–Trinajstić information content (AvgIpc) is 2.75. The molecule has 0 aromatic heterocycles. The van der Waals surface area contributed by atoms with Crippen molar-refractivity contribution >= 4 is 17.9 Å². The van der Waals surface area contributed by atoms with E-state index in [2.05, 4.69) is 16.7 Å². The summed E-state index contributed by atoms with van der Waals surface area (Å²) in [5.41, 5.74) is -0.365. The van der Waals surface area contributed by atoms with Crippen LogP contribution in [0.5, 0.6) is 5.75 Å². The molecular formula is C27H39N3O5. The first-order chi connectivity index (χ1) is 16.4. The number of benzene rings is 1. The molecule has 0 heterocycles. The van der Waals surface area contributed by atoms with Crippen molar-refractivity contribution in [2.45, 2.75) is 96.9 Å². The molecule has 1 aromatic carbocycles. The minimum absolute atomic E-state index is 0.00265. The maximum absolute atomic E-state index is 13.7. The van der Waals surface area contributed by atoms with Gasteiger partial charge >= 0.3 is 6.09 Å². The molecule has 1 saturated carbocycles. The van der Waals surface area contributed by atoms with Crippen molar-refractivity contribution in [1.82, 2.24) is 15.5 Å². The molecule has 0 aliphatic heterocycles. The molecule has 0 saturated heterocycles. The first kappa shape index (κ1) is 28.0. The minimum atomic E-state index is -1.17. The van der Waals surface area contributed by atoms with Crippen LogP contribution in [0, 0.1) is 18.4 Å². The summed E-state index contributed by atoms with van der Waals surface area (Å²) in [6.07, 6.45) is 10.2. The molecule has 0 radical (unpaired) electrons. The molecule has 1 aromatic rings. The van der Waals surface area contributed by atoms with Crippen LogP contribution >= 0.6 is 0 Å². The van der Waals surface area contributed by atoms with Gasteiger partial charge in [-0.3, -0.25) is 14.5 Å². The second kappa shape index (κ2) is 12.5. The molecule has 0 spiro atoms. The number of terminal acetylenes is 1. The van der Waals surface area contributed by atoms with Gasteiger partial charge in [-0.05, 0) is 63.6 Å². The molecule has 2 atom stereocenters. The van der Waals surface area contributed by atoms with Gasteiger partial charge in [-0.1, -0.05) is 51.7 Å². The largest absolute Gasteiger partial charge is 0.508 e. The van der Waals surface area contributed by atoms with Gasteiger partial charge in [-0.25, -0.2) is 4.79 Å². The molecule has 0 bridgehead atoms. The summed E-state index contributed by atoms with van der Waals surface area (Å²) in [4.78, 5) is 40.7. The molecule has 8 nitrogen and oxygen atoms in total. The van der Waals surface area contributed by atoms with Gasteiger partial charge in [-0.15, -0.1) is 0 Å². The van der Waals surface area contributed by atoms with Crippen LogP contribution in [-0.2, 0) is 14.3 Å². The van der Waals surface area contributed by atoms with Gasteiger partial charge in [0.2, 0.25) is 5.91 Å². The van der Waals surface area contributed by atoms with Crippen LogP contribution in [0.3, 0.4) is 0 Å². The first-order valence-electron chi connectivity index (χ1n) is 12.3. The lowest BCUT2D eigenvalue weighted by Gasteiger charge is -2.32. The van der Waals surface area contributed by atoms with E-state index >= 15 is 0 Å². The molecule has 8 heteroatoms. The van der Waals surface area contributed by atoms with E-state index in [9.17, 15) is 19.5 Å². The van der Waals surface area contributed by atoms with E-state index in [0.29, 0.717) is 12.0 Å². The van der Waals surface area contributed by atoms with E-state index in [0.717, 1.165) is 37.0 Å². The summed E-state index contributed by atoms with van der Waals surface area (Å²) in [7, 11) is 0. The maximum Gasteiger partial charge on any atom is 0.408 e. The van der Waals surface area contributed by atoms with Gasteiger partial charge in [0.05, 0.1) is 0 Å². The van der Waals surface area contributed by atoms with Crippen LogP contribution in [0.1, 0.15) is 84.7 Å². The highest BCUT2D eigenvalue weighted by molar-refractivity contribution is 5.93. The molecule has 2 unspecified atom stereocenters. The number of aromatic hydroxyl groups is 1. The third-order valence-electron chi connectivity index (χ3n) is 5.72. The zero-order valence-corrected chi connectivity index (χ0v) is 21.5. The lowest BCUT2D eigenvalue weighted by atomic mass is 9.94. The monoisotopic (exact) mass is 485 g/mol. The van der Waals surface area contributed by atoms with Gasteiger partial charge < -0.3 is 20.5 Å². The summed E-state index contributed by atoms with van der Waals surface area (Å²) in [5, 5.41) is 15.7. The number of carbonyl (C=O) groups excluding carboxylic acids is 3. The van der Waals surface area contributed by atoms with E-state index in [1.54, 1.807) is 32.9 Å². The summed E-state index contributed by atoms with van der Waals surface area (Å²) >= 11 is 0. The summed E-state index contributed by atoms with van der Waals surface area (Å²) in [6.45, 7) is 9.02. The number of hydrogen-bond acceptors (Lipinski definition) is 5. The van der Waals surface area contributed by atoms with Crippen LogP contribution in [-0.4, -0.2) is 45.6 Å². The van der Waals surface area contributed by atoms with Gasteiger partial charge in [0.25, 0.3) is 5.91 Å². The first-order valence-corrected chi connectivity index (χ1v) is 12.3. The van der Waals surface area contributed by atoms with E-state index < -0.39 is 35.6 Å². The Bertz CT molecular complexity index is 925. The summed E-state index contributed by atoms with van der Waals surface area (Å²) in [6, 6.07) is 6.32. The molecule has 3 amide bonds. The standard InChI is InChI=1S/C27H39N3O5/c1-7-30(25(33)22(16-18(2)3)29-26(34)35-27(4,5)6)23(19-12-11-15-21(31)17-19)24(32)28-20-13-9-8-10-14-20/h1,11-12,15,17-18,20,22-23,31H,8-10,13-14,16H2,2-6H3,(H,28,32)(H,29,34). The Labute approximate surface area is 208 Å². The van der Waals surface area contributed by atoms with E-state index in [1.807, 2.05) is 13.8 Å². The molecule has 1 aliphatic rings. The quantitative estimate of drug-likeness (QED) is 0.377. The molecular weight excluding hydrogens is 446 g/mol. The topological polar surface area (TPSA) is 108 Å². The fourth-order valence-corrected chi connectivity index (χ4v) is 4.22. The second-order valence-electron chi connectivity index (χ2n) is 10.5. The highest BCUT2D eigenvalue weighted by Crippen LogP contribution is 2.27. The van der Waals surface area contributed by atoms with Crippen molar-refractivity contribution < 1.29 is 24.2 Å². The Morgan fingerprint density at radius 2 is 1.86 bits per heavy atom. The van der Waals surface area contributed by atoms with Crippen LogP contribution in [0.15, 0.2) is 24.3 Å². The smallest absolute Gasteiger partial charge is 0.408 e.